The van der Waals surface area contributed by atoms with Crippen molar-refractivity contribution in [2.75, 3.05) is 13.2 Å². The van der Waals surface area contributed by atoms with Gasteiger partial charge in [0, 0.05) is 6.61 Å². The van der Waals surface area contributed by atoms with E-state index in [0.717, 1.165) is 36.9 Å². The minimum absolute atomic E-state index is 0.720. The predicted molar refractivity (Wildman–Crippen MR) is 105 cm³/mol. The molecule has 1 heteroatoms. The average molecular weight is 333 g/mol. The van der Waals surface area contributed by atoms with Crippen LogP contribution in [0.15, 0.2) is 24.8 Å². The first kappa shape index (κ1) is 19.8. The van der Waals surface area contributed by atoms with Gasteiger partial charge in [-0.3, -0.25) is 0 Å². The van der Waals surface area contributed by atoms with E-state index in [1.165, 1.54) is 77.0 Å². The lowest BCUT2D eigenvalue weighted by atomic mass is 9.69. The molecule has 2 fully saturated rings. The maximum absolute atomic E-state index is 5.66. The molecule has 0 unspecified atom stereocenters. The topological polar surface area (TPSA) is 9.23 Å². The van der Waals surface area contributed by atoms with Crippen molar-refractivity contribution < 1.29 is 4.74 Å². The lowest BCUT2D eigenvalue weighted by Crippen LogP contribution is -2.27. The molecule has 0 bridgehead atoms. The Kier molecular flexibility index (Phi) is 9.80. The van der Waals surface area contributed by atoms with E-state index < -0.39 is 0 Å². The minimum atomic E-state index is 0.720. The summed E-state index contributed by atoms with van der Waals surface area (Å²) in [6, 6.07) is 0. The molecule has 0 aliphatic heterocycles. The quantitative estimate of drug-likeness (QED) is 0.311. The SMILES string of the molecule is C=CCOCC1CCC(C2CCC(CC/C=C/CCC)CC2)CC1. The second kappa shape index (κ2) is 11.9. The standard InChI is InChI=1S/C23H40O/c1-3-5-6-7-8-9-20-10-14-22(15-11-20)23-16-12-21(13-17-23)19-24-18-4-2/h4,6-7,20-23H,2-3,5,8-19H2,1H3/b7-6+. The molecule has 0 saturated heterocycles. The molecule has 2 saturated carbocycles. The van der Waals surface area contributed by atoms with Crippen molar-refractivity contribution in [2.45, 2.75) is 84.0 Å². The molecule has 0 aromatic carbocycles. The molecular weight excluding hydrogens is 292 g/mol. The van der Waals surface area contributed by atoms with E-state index in [-0.39, 0.29) is 0 Å². The van der Waals surface area contributed by atoms with Gasteiger partial charge in [-0.15, -0.1) is 6.58 Å². The summed E-state index contributed by atoms with van der Waals surface area (Å²) in [5.74, 6) is 3.88. The highest BCUT2D eigenvalue weighted by Crippen LogP contribution is 2.42. The normalized spacial score (nSPS) is 31.4. The molecule has 24 heavy (non-hydrogen) atoms. The molecule has 0 amide bonds. The van der Waals surface area contributed by atoms with E-state index >= 15 is 0 Å². The van der Waals surface area contributed by atoms with E-state index in [0.29, 0.717) is 0 Å². The van der Waals surface area contributed by atoms with Crippen LogP contribution in [-0.4, -0.2) is 13.2 Å². The smallest absolute Gasteiger partial charge is 0.0644 e. The van der Waals surface area contributed by atoms with Gasteiger partial charge >= 0.3 is 0 Å². The second-order valence-corrected chi connectivity index (χ2v) is 8.23. The highest BCUT2D eigenvalue weighted by molar-refractivity contribution is 4.85. The zero-order chi connectivity index (χ0) is 17.0. The Balaban J connectivity index is 1.57. The van der Waals surface area contributed by atoms with Gasteiger partial charge in [0.25, 0.3) is 0 Å². The molecule has 2 rings (SSSR count). The first-order chi connectivity index (χ1) is 11.8. The number of hydrogen-bond acceptors (Lipinski definition) is 1. The van der Waals surface area contributed by atoms with E-state index in [9.17, 15) is 0 Å². The minimum Gasteiger partial charge on any atom is -0.377 e. The third kappa shape index (κ3) is 7.13. The van der Waals surface area contributed by atoms with Crippen LogP contribution in [0.2, 0.25) is 0 Å². The van der Waals surface area contributed by atoms with Gasteiger partial charge in [0.1, 0.15) is 0 Å². The van der Waals surface area contributed by atoms with Gasteiger partial charge in [-0.2, -0.15) is 0 Å². The third-order valence-corrected chi connectivity index (χ3v) is 6.40. The Morgan fingerprint density at radius 1 is 0.833 bits per heavy atom. The van der Waals surface area contributed by atoms with Crippen molar-refractivity contribution in [3.05, 3.63) is 24.8 Å². The number of ether oxygens (including phenoxy) is 1. The van der Waals surface area contributed by atoms with Crippen LogP contribution in [-0.2, 0) is 4.74 Å². The van der Waals surface area contributed by atoms with Crippen LogP contribution in [0.3, 0.4) is 0 Å². The van der Waals surface area contributed by atoms with Crippen LogP contribution in [0.25, 0.3) is 0 Å². The van der Waals surface area contributed by atoms with Gasteiger partial charge in [0.05, 0.1) is 6.61 Å². The largest absolute Gasteiger partial charge is 0.377 e. The summed E-state index contributed by atoms with van der Waals surface area (Å²) in [5.41, 5.74) is 0. The lowest BCUT2D eigenvalue weighted by molar-refractivity contribution is 0.0781. The molecule has 0 aromatic heterocycles. The Morgan fingerprint density at radius 3 is 2.00 bits per heavy atom. The molecule has 0 atom stereocenters. The van der Waals surface area contributed by atoms with Crippen molar-refractivity contribution in [1.29, 1.82) is 0 Å². The van der Waals surface area contributed by atoms with Crippen molar-refractivity contribution >= 4 is 0 Å². The molecule has 0 radical (unpaired) electrons. The molecule has 0 heterocycles. The maximum Gasteiger partial charge on any atom is 0.0644 e. The molecule has 2 aliphatic carbocycles. The van der Waals surface area contributed by atoms with Gasteiger partial charge in [0.2, 0.25) is 0 Å². The molecule has 2 aliphatic rings. The molecule has 138 valence electrons. The van der Waals surface area contributed by atoms with Crippen LogP contribution >= 0.6 is 0 Å². The maximum atomic E-state index is 5.66. The molecule has 0 aromatic rings. The first-order valence-corrected chi connectivity index (χ1v) is 10.7. The Hall–Kier alpha value is -0.560. The number of hydrogen-bond donors (Lipinski definition) is 0. The Labute approximate surface area is 150 Å². The van der Waals surface area contributed by atoms with E-state index in [1.54, 1.807) is 0 Å². The molecule has 1 nitrogen and oxygen atoms in total. The fourth-order valence-corrected chi connectivity index (χ4v) is 4.83. The zero-order valence-corrected chi connectivity index (χ0v) is 16.1. The summed E-state index contributed by atoms with van der Waals surface area (Å²) in [5, 5.41) is 0. The highest BCUT2D eigenvalue weighted by atomic mass is 16.5. The van der Waals surface area contributed by atoms with E-state index in [1.807, 2.05) is 6.08 Å². The average Bonchev–Trinajstić information content (AvgIpc) is 2.63. The van der Waals surface area contributed by atoms with E-state index in [4.69, 9.17) is 4.74 Å². The van der Waals surface area contributed by atoms with Crippen LogP contribution in [0.4, 0.5) is 0 Å². The number of allylic oxidation sites excluding steroid dienone is 2. The lowest BCUT2D eigenvalue weighted by Gasteiger charge is -2.37. The zero-order valence-electron chi connectivity index (χ0n) is 16.1. The van der Waals surface area contributed by atoms with Crippen molar-refractivity contribution in [3.63, 3.8) is 0 Å². The van der Waals surface area contributed by atoms with Crippen LogP contribution < -0.4 is 0 Å². The molecule has 0 N–H and O–H groups in total. The summed E-state index contributed by atoms with van der Waals surface area (Å²) in [6.45, 7) is 7.66. The Morgan fingerprint density at radius 2 is 1.42 bits per heavy atom. The molecular formula is C23H40O. The van der Waals surface area contributed by atoms with Crippen molar-refractivity contribution in [1.82, 2.24) is 0 Å². The van der Waals surface area contributed by atoms with Crippen LogP contribution in [0.5, 0.6) is 0 Å². The summed E-state index contributed by atoms with van der Waals surface area (Å²) in [6.07, 6.45) is 23.6. The fraction of sp³-hybridized carbons (Fsp3) is 0.826. The summed E-state index contributed by atoms with van der Waals surface area (Å²) < 4.78 is 5.66. The summed E-state index contributed by atoms with van der Waals surface area (Å²) in [7, 11) is 0. The Bertz CT molecular complexity index is 343. The van der Waals surface area contributed by atoms with Crippen molar-refractivity contribution in [2.24, 2.45) is 23.7 Å². The highest BCUT2D eigenvalue weighted by Gasteiger charge is 2.30. The first-order valence-electron chi connectivity index (χ1n) is 10.7. The third-order valence-electron chi connectivity index (χ3n) is 6.40. The predicted octanol–water partition coefficient (Wildman–Crippen LogP) is 6.94. The monoisotopic (exact) mass is 332 g/mol. The van der Waals surface area contributed by atoms with Crippen LogP contribution in [0, 0.1) is 23.7 Å². The summed E-state index contributed by atoms with van der Waals surface area (Å²) >= 11 is 0. The number of unbranched alkanes of at least 4 members (excludes halogenated alkanes) is 1. The van der Waals surface area contributed by atoms with Gasteiger partial charge < -0.3 is 4.74 Å². The van der Waals surface area contributed by atoms with Gasteiger partial charge in [0.15, 0.2) is 0 Å². The fourth-order valence-electron chi connectivity index (χ4n) is 4.83. The second-order valence-electron chi connectivity index (χ2n) is 8.23. The van der Waals surface area contributed by atoms with Crippen molar-refractivity contribution in [3.8, 4) is 0 Å². The van der Waals surface area contributed by atoms with Gasteiger partial charge in [-0.25, -0.2) is 0 Å². The number of rotatable bonds is 10. The van der Waals surface area contributed by atoms with Crippen LogP contribution in [0.1, 0.15) is 84.0 Å². The van der Waals surface area contributed by atoms with Gasteiger partial charge in [-0.1, -0.05) is 44.4 Å². The van der Waals surface area contributed by atoms with E-state index in [2.05, 4.69) is 25.7 Å². The summed E-state index contributed by atoms with van der Waals surface area (Å²) in [4.78, 5) is 0. The molecule has 0 spiro atoms. The van der Waals surface area contributed by atoms with Gasteiger partial charge in [-0.05, 0) is 81.5 Å².